The Hall–Kier alpha value is -3.36. The first kappa shape index (κ1) is 43.3. The fraction of sp³-hybridized carbons (Fsp3) is 0.556. The molecule has 6 nitrogen and oxygen atoms in total. The van der Waals surface area contributed by atoms with Crippen LogP contribution in [0.2, 0.25) is 0 Å². The standard InChI is InChI=1S/C54H71NO5/c1-2-3-27-49-51(58-37-43-21-11-5-12-22-43)53(60-39-45-25-15-7-16-26-45)52(59-38-44-23-13-6-14-24-44)50(40-57-36-42-19-9-4-10-20-42)55(49)28-17-8-18-29-56-41-54-33-46-30-47(34-54)32-48(31-46)35-54/h4-7,9-16,19-26,46-53H,2-3,8,17-18,27-41H2,1H3/t46?,47?,48?,49-,50+,51-,52+,53+,54?/m0/s1. The van der Waals surface area contributed by atoms with E-state index in [-0.39, 0.29) is 30.4 Å². The highest BCUT2D eigenvalue weighted by atomic mass is 16.6. The average molecular weight is 814 g/mol. The molecule has 4 aromatic carbocycles. The second-order valence-electron chi connectivity index (χ2n) is 18.8. The van der Waals surface area contributed by atoms with Gasteiger partial charge in [-0.1, -0.05) is 141 Å². The Kier molecular flexibility index (Phi) is 16.0. The molecule has 4 aromatic rings. The molecule has 5 atom stereocenters. The summed E-state index contributed by atoms with van der Waals surface area (Å²) in [5.41, 5.74) is 5.13. The van der Waals surface area contributed by atoms with Crippen molar-refractivity contribution in [1.82, 2.24) is 4.90 Å². The summed E-state index contributed by atoms with van der Waals surface area (Å²) in [4.78, 5) is 2.73. The average Bonchev–Trinajstić information content (AvgIpc) is 3.27. The van der Waals surface area contributed by atoms with E-state index in [1.807, 2.05) is 0 Å². The molecule has 1 aliphatic heterocycles. The monoisotopic (exact) mass is 814 g/mol. The molecule has 60 heavy (non-hydrogen) atoms. The van der Waals surface area contributed by atoms with Crippen molar-refractivity contribution in [1.29, 1.82) is 0 Å². The molecule has 0 spiro atoms. The van der Waals surface area contributed by atoms with Crippen molar-refractivity contribution in [3.8, 4) is 0 Å². The predicted molar refractivity (Wildman–Crippen MR) is 240 cm³/mol. The molecule has 4 bridgehead atoms. The fourth-order valence-electron chi connectivity index (χ4n) is 11.7. The van der Waals surface area contributed by atoms with Gasteiger partial charge in [-0.05, 0) is 116 Å². The number of ether oxygens (including phenoxy) is 5. The van der Waals surface area contributed by atoms with Gasteiger partial charge in [0, 0.05) is 12.6 Å². The maximum atomic E-state index is 7.17. The quantitative estimate of drug-likeness (QED) is 0.0657. The molecule has 4 saturated carbocycles. The van der Waals surface area contributed by atoms with Crippen LogP contribution in [-0.2, 0) is 50.1 Å². The van der Waals surface area contributed by atoms with Crippen molar-refractivity contribution >= 4 is 0 Å². The summed E-state index contributed by atoms with van der Waals surface area (Å²) in [5, 5.41) is 0. The molecule has 0 radical (unpaired) electrons. The molecule has 4 aliphatic carbocycles. The third kappa shape index (κ3) is 11.8. The van der Waals surface area contributed by atoms with Gasteiger partial charge in [0.05, 0.1) is 45.7 Å². The summed E-state index contributed by atoms with van der Waals surface area (Å²) < 4.78 is 34.8. The van der Waals surface area contributed by atoms with Gasteiger partial charge in [0.15, 0.2) is 0 Å². The summed E-state index contributed by atoms with van der Waals surface area (Å²) in [6.07, 6.45) is 14.5. The van der Waals surface area contributed by atoms with E-state index < -0.39 is 0 Å². The van der Waals surface area contributed by atoms with Crippen LogP contribution in [0, 0.1) is 23.2 Å². The van der Waals surface area contributed by atoms with E-state index in [0.717, 1.165) is 87.2 Å². The van der Waals surface area contributed by atoms with Crippen molar-refractivity contribution in [2.45, 2.75) is 141 Å². The van der Waals surface area contributed by atoms with Crippen LogP contribution >= 0.6 is 0 Å². The normalized spacial score (nSPS) is 28.6. The van der Waals surface area contributed by atoms with Gasteiger partial charge in [0.25, 0.3) is 0 Å². The fourth-order valence-corrected chi connectivity index (χ4v) is 11.7. The predicted octanol–water partition coefficient (Wildman–Crippen LogP) is 11.6. The SMILES string of the molecule is CCCC[C@H]1[C@H](OCc2ccccc2)[C@@H](OCc2ccccc2)[C@H](OCc2ccccc2)[C@@H](COCc2ccccc2)N1CCCCCOCC12CC3CC(CC(C3)C1)C2. The molecule has 9 rings (SSSR count). The summed E-state index contributed by atoms with van der Waals surface area (Å²) in [7, 11) is 0. The van der Waals surface area contributed by atoms with Crippen molar-refractivity contribution in [3.63, 3.8) is 0 Å². The van der Waals surface area contributed by atoms with Crippen LogP contribution in [0.25, 0.3) is 0 Å². The first-order valence-corrected chi connectivity index (χ1v) is 23.6. The zero-order valence-corrected chi connectivity index (χ0v) is 36.3. The summed E-state index contributed by atoms with van der Waals surface area (Å²) >= 11 is 0. The number of piperidine rings is 1. The van der Waals surface area contributed by atoms with Crippen LogP contribution in [0.1, 0.15) is 106 Å². The molecule has 1 heterocycles. The molecular weight excluding hydrogens is 743 g/mol. The summed E-state index contributed by atoms with van der Waals surface area (Å²) in [6, 6.07) is 42.4. The number of hydrogen-bond donors (Lipinski definition) is 0. The van der Waals surface area contributed by atoms with Crippen LogP contribution in [0.15, 0.2) is 121 Å². The minimum absolute atomic E-state index is 0.0241. The molecule has 5 fully saturated rings. The summed E-state index contributed by atoms with van der Waals surface area (Å²) in [5.74, 6) is 2.91. The third-order valence-electron chi connectivity index (χ3n) is 14.1. The lowest BCUT2D eigenvalue weighted by Crippen LogP contribution is -2.69. The lowest BCUT2D eigenvalue weighted by Gasteiger charge is -2.56. The van der Waals surface area contributed by atoms with Crippen LogP contribution < -0.4 is 0 Å². The topological polar surface area (TPSA) is 49.4 Å². The smallest absolute Gasteiger partial charge is 0.113 e. The molecule has 1 saturated heterocycles. The Balaban J connectivity index is 1.03. The first-order valence-electron chi connectivity index (χ1n) is 23.6. The lowest BCUT2D eigenvalue weighted by molar-refractivity contribution is -0.230. The van der Waals surface area contributed by atoms with E-state index in [1.54, 1.807) is 0 Å². The second kappa shape index (κ2) is 22.1. The molecule has 0 N–H and O–H groups in total. The van der Waals surface area contributed by atoms with Gasteiger partial charge >= 0.3 is 0 Å². The van der Waals surface area contributed by atoms with Crippen molar-refractivity contribution in [3.05, 3.63) is 144 Å². The van der Waals surface area contributed by atoms with Gasteiger partial charge in [-0.15, -0.1) is 0 Å². The zero-order valence-electron chi connectivity index (χ0n) is 36.3. The molecule has 5 aliphatic rings. The Morgan fingerprint density at radius 2 is 0.967 bits per heavy atom. The highest BCUT2D eigenvalue weighted by molar-refractivity contribution is 5.17. The minimum Gasteiger partial charge on any atom is -0.381 e. The van der Waals surface area contributed by atoms with E-state index >= 15 is 0 Å². The maximum absolute atomic E-state index is 7.17. The Morgan fingerprint density at radius 3 is 1.47 bits per heavy atom. The van der Waals surface area contributed by atoms with E-state index in [2.05, 4.69) is 133 Å². The van der Waals surface area contributed by atoms with Gasteiger partial charge in [-0.2, -0.15) is 0 Å². The first-order chi connectivity index (χ1) is 29.6. The maximum Gasteiger partial charge on any atom is 0.113 e. The van der Waals surface area contributed by atoms with Gasteiger partial charge in [-0.25, -0.2) is 0 Å². The van der Waals surface area contributed by atoms with Gasteiger partial charge < -0.3 is 23.7 Å². The number of rotatable bonds is 24. The van der Waals surface area contributed by atoms with E-state index in [9.17, 15) is 0 Å². The van der Waals surface area contributed by atoms with Crippen molar-refractivity contribution in [2.24, 2.45) is 23.2 Å². The minimum atomic E-state index is -0.306. The van der Waals surface area contributed by atoms with Crippen LogP contribution in [0.5, 0.6) is 0 Å². The molecule has 0 amide bonds. The highest BCUT2D eigenvalue weighted by Gasteiger charge is 2.52. The molecule has 322 valence electrons. The van der Waals surface area contributed by atoms with Gasteiger partial charge in [0.2, 0.25) is 0 Å². The number of hydrogen-bond acceptors (Lipinski definition) is 6. The molecule has 0 aromatic heterocycles. The van der Waals surface area contributed by atoms with Gasteiger partial charge in [-0.3, -0.25) is 4.90 Å². The highest BCUT2D eigenvalue weighted by Crippen LogP contribution is 2.60. The summed E-state index contributed by atoms with van der Waals surface area (Å²) in [6.45, 7) is 7.70. The zero-order chi connectivity index (χ0) is 40.8. The number of likely N-dealkylation sites (tertiary alicyclic amines) is 1. The van der Waals surface area contributed by atoms with E-state index in [0.29, 0.717) is 38.4 Å². The van der Waals surface area contributed by atoms with Crippen LogP contribution in [-0.4, -0.2) is 61.7 Å². The Labute approximate surface area is 361 Å². The van der Waals surface area contributed by atoms with Crippen molar-refractivity contribution < 1.29 is 23.7 Å². The number of nitrogens with zero attached hydrogens (tertiary/aromatic N) is 1. The molecule has 0 unspecified atom stereocenters. The van der Waals surface area contributed by atoms with Crippen molar-refractivity contribution in [2.75, 3.05) is 26.4 Å². The lowest BCUT2D eigenvalue weighted by atomic mass is 9.50. The molecular formula is C54H71NO5. The molecule has 6 heteroatoms. The van der Waals surface area contributed by atoms with Crippen LogP contribution in [0.4, 0.5) is 0 Å². The number of unbranched alkanes of at least 4 members (excludes halogenated alkanes) is 3. The largest absolute Gasteiger partial charge is 0.381 e. The Bertz CT molecular complexity index is 1760. The number of benzene rings is 4. The van der Waals surface area contributed by atoms with Crippen LogP contribution in [0.3, 0.4) is 0 Å². The Morgan fingerprint density at radius 1 is 0.500 bits per heavy atom. The van der Waals surface area contributed by atoms with E-state index in [4.69, 9.17) is 23.7 Å². The van der Waals surface area contributed by atoms with Gasteiger partial charge in [0.1, 0.15) is 18.3 Å². The van der Waals surface area contributed by atoms with E-state index in [1.165, 1.54) is 49.7 Å². The second-order valence-corrected chi connectivity index (χ2v) is 18.8. The third-order valence-corrected chi connectivity index (χ3v) is 14.1.